The largest absolute Gasteiger partial charge is 0.478 e. The van der Waals surface area contributed by atoms with Crippen molar-refractivity contribution in [2.24, 2.45) is 0 Å². The molecule has 1 atom stereocenters. The highest BCUT2D eigenvalue weighted by Gasteiger charge is 2.34. The van der Waals surface area contributed by atoms with Gasteiger partial charge in [-0.3, -0.25) is 9.59 Å². The molecule has 3 N–H and O–H groups in total. The number of carboxylic acids is 1. The minimum absolute atomic E-state index is 0.334. The number of aliphatic carboxylic acids is 1. The van der Waals surface area contributed by atoms with E-state index >= 15 is 0 Å². The summed E-state index contributed by atoms with van der Waals surface area (Å²) in [5, 5.41) is 12.6. The average Bonchev–Trinajstić information content (AvgIpc) is 2.82. The Kier molecular flexibility index (Phi) is 8.32. The fourth-order valence-electron chi connectivity index (χ4n) is 3.02. The predicted octanol–water partition coefficient (Wildman–Crippen LogP) is 5.76. The number of alkyl halides is 3. The molecule has 3 rings (SSSR count). The Balaban J connectivity index is 1.80. The van der Waals surface area contributed by atoms with Crippen LogP contribution in [0.25, 0.3) is 0 Å². The molecule has 0 aliphatic heterocycles. The third-order valence-electron chi connectivity index (χ3n) is 4.58. The first-order valence-electron chi connectivity index (χ1n) is 10.1. The molecule has 35 heavy (non-hydrogen) atoms. The van der Waals surface area contributed by atoms with Gasteiger partial charge in [0.1, 0.15) is 5.25 Å². The highest BCUT2D eigenvalue weighted by atomic mass is 32.2. The Bertz CT molecular complexity index is 1230. The van der Waals surface area contributed by atoms with Crippen LogP contribution in [0.2, 0.25) is 0 Å². The fourth-order valence-corrected chi connectivity index (χ4v) is 4.05. The molecule has 0 aliphatic carbocycles. The van der Waals surface area contributed by atoms with Gasteiger partial charge < -0.3 is 15.7 Å². The number of hydrogen-bond acceptors (Lipinski definition) is 4. The minimum atomic E-state index is -4.63. The van der Waals surface area contributed by atoms with E-state index in [2.05, 4.69) is 10.6 Å². The molecule has 0 radical (unpaired) electrons. The van der Waals surface area contributed by atoms with Gasteiger partial charge in [0.15, 0.2) is 0 Å². The molecular weight excluding hydrogens is 481 g/mol. The lowest BCUT2D eigenvalue weighted by Gasteiger charge is -2.19. The van der Waals surface area contributed by atoms with Crippen LogP contribution in [-0.4, -0.2) is 22.9 Å². The Morgan fingerprint density at radius 2 is 1.46 bits per heavy atom. The van der Waals surface area contributed by atoms with Crippen LogP contribution in [0, 0.1) is 0 Å². The maximum atomic E-state index is 13.4. The van der Waals surface area contributed by atoms with Gasteiger partial charge in [-0.25, -0.2) is 4.79 Å². The third kappa shape index (κ3) is 7.47. The van der Waals surface area contributed by atoms with Gasteiger partial charge in [-0.1, -0.05) is 42.5 Å². The number of para-hydroxylation sites is 1. The van der Waals surface area contributed by atoms with E-state index in [1.165, 1.54) is 18.2 Å². The summed E-state index contributed by atoms with van der Waals surface area (Å²) in [6.45, 7) is 0. The van der Waals surface area contributed by atoms with Crippen molar-refractivity contribution < 1.29 is 32.7 Å². The van der Waals surface area contributed by atoms with Gasteiger partial charge in [0, 0.05) is 22.7 Å². The topological polar surface area (TPSA) is 95.5 Å². The standard InChI is InChI=1S/C25H19F3N2O4S/c26-25(27,28)19-8-4-5-9-20(19)30-24(34)23(16-6-2-1-3-7-16)35-18-12-10-17(11-13-18)29-21(31)14-15-22(32)33/h1-15,23H,(H,29,31)(H,30,34)(H,32,33)/b15-14+. The van der Waals surface area contributed by atoms with E-state index in [-0.39, 0.29) is 5.69 Å². The molecule has 180 valence electrons. The summed E-state index contributed by atoms with van der Waals surface area (Å²) in [5.74, 6) is -2.51. The number of anilines is 2. The van der Waals surface area contributed by atoms with Gasteiger partial charge in [0.25, 0.3) is 0 Å². The number of hydrogen-bond donors (Lipinski definition) is 3. The Labute approximate surface area is 202 Å². The van der Waals surface area contributed by atoms with Crippen LogP contribution in [0.15, 0.2) is 95.9 Å². The van der Waals surface area contributed by atoms with Gasteiger partial charge in [-0.2, -0.15) is 13.2 Å². The zero-order chi connectivity index (χ0) is 25.4. The van der Waals surface area contributed by atoms with Crippen molar-refractivity contribution in [2.45, 2.75) is 16.3 Å². The summed E-state index contributed by atoms with van der Waals surface area (Å²) >= 11 is 1.13. The van der Waals surface area contributed by atoms with Crippen LogP contribution >= 0.6 is 11.8 Å². The molecule has 6 nitrogen and oxygen atoms in total. The first kappa shape index (κ1) is 25.6. The van der Waals surface area contributed by atoms with Crippen LogP contribution in [0.3, 0.4) is 0 Å². The zero-order valence-corrected chi connectivity index (χ0v) is 18.8. The summed E-state index contributed by atoms with van der Waals surface area (Å²) in [7, 11) is 0. The maximum absolute atomic E-state index is 13.4. The van der Waals surface area contributed by atoms with Crippen LogP contribution < -0.4 is 10.6 Å². The molecule has 0 aliphatic rings. The van der Waals surface area contributed by atoms with E-state index in [1.807, 2.05) is 0 Å². The summed E-state index contributed by atoms with van der Waals surface area (Å²) in [4.78, 5) is 36.0. The summed E-state index contributed by atoms with van der Waals surface area (Å²) in [5.41, 5.74) is -0.286. The number of carbonyl (C=O) groups excluding carboxylic acids is 2. The number of carboxylic acid groups (broad SMARTS) is 1. The minimum Gasteiger partial charge on any atom is -0.478 e. The van der Waals surface area contributed by atoms with Crippen LogP contribution in [0.4, 0.5) is 24.5 Å². The first-order chi connectivity index (χ1) is 16.6. The van der Waals surface area contributed by atoms with E-state index in [1.54, 1.807) is 54.6 Å². The monoisotopic (exact) mass is 500 g/mol. The number of thioether (sulfide) groups is 1. The van der Waals surface area contributed by atoms with Crippen molar-refractivity contribution >= 4 is 40.9 Å². The molecule has 2 amide bonds. The molecule has 0 fully saturated rings. The Morgan fingerprint density at radius 3 is 2.09 bits per heavy atom. The van der Waals surface area contributed by atoms with E-state index in [0.29, 0.717) is 22.2 Å². The number of nitrogens with one attached hydrogen (secondary N) is 2. The number of halogens is 3. The second kappa shape index (κ2) is 11.4. The van der Waals surface area contributed by atoms with Crippen molar-refractivity contribution in [1.29, 1.82) is 0 Å². The predicted molar refractivity (Wildman–Crippen MR) is 127 cm³/mol. The first-order valence-corrected chi connectivity index (χ1v) is 11.0. The van der Waals surface area contributed by atoms with E-state index in [9.17, 15) is 27.6 Å². The van der Waals surface area contributed by atoms with E-state index in [0.717, 1.165) is 23.9 Å². The summed E-state index contributed by atoms with van der Waals surface area (Å²) in [6.07, 6.45) is -3.04. The molecule has 3 aromatic carbocycles. The van der Waals surface area contributed by atoms with Gasteiger partial charge in [-0.15, -0.1) is 11.8 Å². The van der Waals surface area contributed by atoms with Gasteiger partial charge >= 0.3 is 12.1 Å². The lowest BCUT2D eigenvalue weighted by molar-refractivity contribution is -0.137. The van der Waals surface area contributed by atoms with Crippen molar-refractivity contribution in [3.63, 3.8) is 0 Å². The molecule has 0 spiro atoms. The van der Waals surface area contributed by atoms with E-state index in [4.69, 9.17) is 5.11 Å². The maximum Gasteiger partial charge on any atom is 0.418 e. The normalized spacial score (nSPS) is 12.2. The molecule has 10 heteroatoms. The van der Waals surface area contributed by atoms with Crippen LogP contribution in [-0.2, 0) is 20.6 Å². The summed E-state index contributed by atoms with van der Waals surface area (Å²) in [6, 6.07) is 19.8. The SMILES string of the molecule is O=C(O)/C=C/C(=O)Nc1ccc(SC(C(=O)Nc2ccccc2C(F)(F)F)c2ccccc2)cc1. The second-order valence-electron chi connectivity index (χ2n) is 7.13. The molecule has 0 aromatic heterocycles. The van der Waals surface area contributed by atoms with Crippen molar-refractivity contribution in [1.82, 2.24) is 0 Å². The lowest BCUT2D eigenvalue weighted by atomic mass is 10.1. The molecule has 0 heterocycles. The average molecular weight is 500 g/mol. The third-order valence-corrected chi connectivity index (χ3v) is 5.85. The molecule has 0 bridgehead atoms. The van der Waals surface area contributed by atoms with Crippen molar-refractivity contribution in [3.8, 4) is 0 Å². The molecule has 3 aromatic rings. The summed E-state index contributed by atoms with van der Waals surface area (Å²) < 4.78 is 40.1. The van der Waals surface area contributed by atoms with Crippen LogP contribution in [0.1, 0.15) is 16.4 Å². The number of rotatable bonds is 8. The lowest BCUT2D eigenvalue weighted by Crippen LogP contribution is -2.21. The van der Waals surface area contributed by atoms with Gasteiger partial charge in [0.05, 0.1) is 11.3 Å². The van der Waals surface area contributed by atoms with Gasteiger partial charge in [0.2, 0.25) is 11.8 Å². The quantitative estimate of drug-likeness (QED) is 0.270. The second-order valence-corrected chi connectivity index (χ2v) is 8.30. The number of amides is 2. The Morgan fingerprint density at radius 1 is 0.829 bits per heavy atom. The van der Waals surface area contributed by atoms with E-state index < -0.39 is 34.8 Å². The molecule has 0 saturated heterocycles. The molecule has 1 unspecified atom stereocenters. The number of benzene rings is 3. The zero-order valence-electron chi connectivity index (χ0n) is 18.0. The fraction of sp³-hybridized carbons (Fsp3) is 0.0800. The van der Waals surface area contributed by atoms with Crippen molar-refractivity contribution in [2.75, 3.05) is 10.6 Å². The highest BCUT2D eigenvalue weighted by molar-refractivity contribution is 8.00. The molecular formula is C25H19F3N2O4S. The highest BCUT2D eigenvalue weighted by Crippen LogP contribution is 2.39. The molecule has 0 saturated carbocycles. The Hall–Kier alpha value is -4.05. The van der Waals surface area contributed by atoms with Crippen molar-refractivity contribution in [3.05, 3.63) is 102 Å². The smallest absolute Gasteiger partial charge is 0.418 e. The van der Waals surface area contributed by atoms with Crippen LogP contribution in [0.5, 0.6) is 0 Å². The van der Waals surface area contributed by atoms with Gasteiger partial charge in [-0.05, 0) is 42.0 Å². The number of carbonyl (C=O) groups is 3.